The molecule has 0 spiro atoms. The minimum absolute atomic E-state index is 0.0676. The van der Waals surface area contributed by atoms with Crippen LogP contribution in [0.4, 0.5) is 5.69 Å². The van der Waals surface area contributed by atoms with Gasteiger partial charge in [0.05, 0.1) is 18.1 Å². The Balaban J connectivity index is 1.63. The smallest absolute Gasteiger partial charge is 0.244 e. The van der Waals surface area contributed by atoms with Crippen molar-refractivity contribution < 1.29 is 17.9 Å². The van der Waals surface area contributed by atoms with Gasteiger partial charge in [-0.25, -0.2) is 8.42 Å². The van der Waals surface area contributed by atoms with E-state index in [1.165, 1.54) is 0 Å². The molecular weight excluding hydrogens is 316 g/mol. The van der Waals surface area contributed by atoms with Crippen molar-refractivity contribution >= 4 is 21.4 Å². The van der Waals surface area contributed by atoms with Crippen molar-refractivity contribution in [2.45, 2.75) is 31.8 Å². The highest BCUT2D eigenvalue weighted by Crippen LogP contribution is 2.28. The van der Waals surface area contributed by atoms with Gasteiger partial charge < -0.3 is 15.0 Å². The molecule has 0 bridgehead atoms. The van der Waals surface area contributed by atoms with Crippen LogP contribution in [0.15, 0.2) is 18.2 Å². The summed E-state index contributed by atoms with van der Waals surface area (Å²) in [6, 6.07) is 5.18. The Morgan fingerprint density at radius 2 is 2.22 bits per heavy atom. The molecule has 1 aromatic rings. The van der Waals surface area contributed by atoms with Crippen LogP contribution in [0.25, 0.3) is 0 Å². The first-order valence-corrected chi connectivity index (χ1v) is 9.67. The van der Waals surface area contributed by atoms with Crippen LogP contribution in [0.2, 0.25) is 0 Å². The van der Waals surface area contributed by atoms with Crippen LogP contribution in [0.3, 0.4) is 0 Å². The van der Waals surface area contributed by atoms with E-state index in [0.29, 0.717) is 13.0 Å². The molecule has 3 rings (SSSR count). The molecule has 6 nitrogen and oxygen atoms in total. The predicted octanol–water partition coefficient (Wildman–Crippen LogP) is 1.07. The summed E-state index contributed by atoms with van der Waals surface area (Å²) in [4.78, 5) is 14.1. The monoisotopic (exact) mass is 338 g/mol. The molecule has 7 heteroatoms. The van der Waals surface area contributed by atoms with Gasteiger partial charge in [0.2, 0.25) is 5.91 Å². The molecule has 2 aliphatic rings. The van der Waals surface area contributed by atoms with Gasteiger partial charge in [-0.2, -0.15) is 0 Å². The fourth-order valence-electron chi connectivity index (χ4n) is 3.15. The Kier molecular flexibility index (Phi) is 4.23. The van der Waals surface area contributed by atoms with Gasteiger partial charge in [-0.3, -0.25) is 4.79 Å². The molecule has 23 heavy (non-hydrogen) atoms. The zero-order valence-electron chi connectivity index (χ0n) is 13.4. The van der Waals surface area contributed by atoms with E-state index in [1.54, 1.807) is 18.9 Å². The van der Waals surface area contributed by atoms with Crippen molar-refractivity contribution in [3.63, 3.8) is 0 Å². The summed E-state index contributed by atoms with van der Waals surface area (Å²) in [5.41, 5.74) is 2.02. The minimum Gasteiger partial charge on any atom is -0.493 e. The molecule has 1 fully saturated rings. The number of nitrogens with zero attached hydrogens (tertiary/aromatic N) is 1. The number of likely N-dealkylation sites (N-methyl/N-ethyl adjacent to an activating group) is 1. The van der Waals surface area contributed by atoms with Gasteiger partial charge in [0.15, 0.2) is 9.84 Å². The molecule has 0 saturated carbocycles. The second-order valence-corrected chi connectivity index (χ2v) is 8.52. The van der Waals surface area contributed by atoms with E-state index in [-0.39, 0.29) is 23.5 Å². The minimum atomic E-state index is -2.99. The molecule has 0 aliphatic carbocycles. The van der Waals surface area contributed by atoms with Gasteiger partial charge in [0.1, 0.15) is 11.8 Å². The third kappa shape index (κ3) is 3.44. The molecule has 1 aromatic carbocycles. The van der Waals surface area contributed by atoms with Crippen LogP contribution in [0.5, 0.6) is 5.75 Å². The van der Waals surface area contributed by atoms with Crippen LogP contribution in [0.1, 0.15) is 18.9 Å². The molecule has 126 valence electrons. The SMILES string of the molecule is C[C@@H](Nc1ccc2c(c1)CCO2)C(=O)N(C)[C@H]1CCS(=O)(=O)C1. The van der Waals surface area contributed by atoms with Gasteiger partial charge in [-0.15, -0.1) is 0 Å². The fraction of sp³-hybridized carbons (Fsp3) is 0.562. The van der Waals surface area contributed by atoms with E-state index in [9.17, 15) is 13.2 Å². The number of ether oxygens (including phenoxy) is 1. The highest BCUT2D eigenvalue weighted by atomic mass is 32.2. The molecule has 0 unspecified atom stereocenters. The Morgan fingerprint density at radius 1 is 1.43 bits per heavy atom. The quantitative estimate of drug-likeness (QED) is 0.889. The van der Waals surface area contributed by atoms with Crippen molar-refractivity contribution in [3.8, 4) is 5.75 Å². The Labute approximate surface area is 136 Å². The summed E-state index contributed by atoms with van der Waals surface area (Å²) in [7, 11) is -1.31. The Hall–Kier alpha value is -1.76. The van der Waals surface area contributed by atoms with Gasteiger partial charge >= 0.3 is 0 Å². The van der Waals surface area contributed by atoms with Crippen molar-refractivity contribution in [1.82, 2.24) is 4.90 Å². The van der Waals surface area contributed by atoms with Gasteiger partial charge in [-0.05, 0) is 37.1 Å². The van der Waals surface area contributed by atoms with E-state index in [2.05, 4.69) is 5.32 Å². The van der Waals surface area contributed by atoms with Crippen LogP contribution >= 0.6 is 0 Å². The molecule has 1 N–H and O–H groups in total. The molecule has 0 aromatic heterocycles. The number of hydrogen-bond acceptors (Lipinski definition) is 5. The number of carbonyl (C=O) groups excluding carboxylic acids is 1. The van der Waals surface area contributed by atoms with Crippen LogP contribution in [-0.4, -0.2) is 56.5 Å². The van der Waals surface area contributed by atoms with Crippen molar-refractivity contribution in [2.24, 2.45) is 0 Å². The number of nitrogens with one attached hydrogen (secondary N) is 1. The van der Waals surface area contributed by atoms with Crippen molar-refractivity contribution in [2.75, 3.05) is 30.5 Å². The van der Waals surface area contributed by atoms with E-state index >= 15 is 0 Å². The lowest BCUT2D eigenvalue weighted by Crippen LogP contribution is -2.45. The molecule has 1 saturated heterocycles. The third-order valence-corrected chi connectivity index (χ3v) is 6.30. The summed E-state index contributed by atoms with van der Waals surface area (Å²) >= 11 is 0. The zero-order chi connectivity index (χ0) is 16.6. The lowest BCUT2D eigenvalue weighted by molar-refractivity contribution is -0.132. The summed E-state index contributed by atoms with van der Waals surface area (Å²) in [5, 5.41) is 3.20. The molecule has 0 radical (unpaired) electrons. The Bertz CT molecular complexity index is 717. The summed E-state index contributed by atoms with van der Waals surface area (Å²) in [6.07, 6.45) is 1.40. The molecule has 2 heterocycles. The first-order valence-electron chi connectivity index (χ1n) is 7.85. The molecule has 2 aliphatic heterocycles. The zero-order valence-corrected chi connectivity index (χ0v) is 14.2. The molecule has 1 amide bonds. The lowest BCUT2D eigenvalue weighted by atomic mass is 10.1. The average molecular weight is 338 g/mol. The number of benzene rings is 1. The number of hydrogen-bond donors (Lipinski definition) is 1. The maximum Gasteiger partial charge on any atom is 0.244 e. The van der Waals surface area contributed by atoms with E-state index in [0.717, 1.165) is 23.4 Å². The second-order valence-electron chi connectivity index (χ2n) is 6.29. The molecule has 2 atom stereocenters. The number of sulfone groups is 1. The summed E-state index contributed by atoms with van der Waals surface area (Å²) < 4.78 is 28.6. The topological polar surface area (TPSA) is 75.7 Å². The number of amides is 1. The van der Waals surface area contributed by atoms with Crippen LogP contribution < -0.4 is 10.1 Å². The number of rotatable bonds is 4. The van der Waals surface area contributed by atoms with Gasteiger partial charge in [0, 0.05) is 25.2 Å². The standard InChI is InChI=1S/C16H22N2O4S/c1-11(16(19)18(2)14-6-8-23(20,21)10-14)17-13-3-4-15-12(9-13)5-7-22-15/h3-4,9,11,14,17H,5-8,10H2,1-2H3/t11-,14+/m1/s1. The first-order chi connectivity index (χ1) is 10.9. The van der Waals surface area contributed by atoms with Gasteiger partial charge in [-0.1, -0.05) is 0 Å². The van der Waals surface area contributed by atoms with Crippen molar-refractivity contribution in [1.29, 1.82) is 0 Å². The predicted molar refractivity (Wildman–Crippen MR) is 88.6 cm³/mol. The first kappa shape index (κ1) is 16.1. The Morgan fingerprint density at radius 3 is 2.91 bits per heavy atom. The van der Waals surface area contributed by atoms with E-state index < -0.39 is 15.9 Å². The summed E-state index contributed by atoms with van der Waals surface area (Å²) in [5.74, 6) is 1.05. The normalized spacial score (nSPS) is 23.0. The van der Waals surface area contributed by atoms with Crippen molar-refractivity contribution in [3.05, 3.63) is 23.8 Å². The lowest BCUT2D eigenvalue weighted by Gasteiger charge is -2.27. The number of fused-ring (bicyclic) bond motifs is 1. The van der Waals surface area contributed by atoms with E-state index in [4.69, 9.17) is 4.74 Å². The van der Waals surface area contributed by atoms with E-state index in [1.807, 2.05) is 18.2 Å². The van der Waals surface area contributed by atoms with Gasteiger partial charge in [0.25, 0.3) is 0 Å². The average Bonchev–Trinajstić information content (AvgIpc) is 3.11. The maximum atomic E-state index is 12.5. The van der Waals surface area contributed by atoms with Crippen LogP contribution in [-0.2, 0) is 21.1 Å². The fourth-order valence-corrected chi connectivity index (χ4v) is 4.93. The highest BCUT2D eigenvalue weighted by Gasteiger charge is 2.34. The number of anilines is 1. The largest absolute Gasteiger partial charge is 0.493 e. The number of carbonyl (C=O) groups is 1. The van der Waals surface area contributed by atoms with Crippen LogP contribution in [0, 0.1) is 0 Å². The highest BCUT2D eigenvalue weighted by molar-refractivity contribution is 7.91. The second kappa shape index (κ2) is 6.03. The summed E-state index contributed by atoms with van der Waals surface area (Å²) in [6.45, 7) is 2.50. The third-order valence-electron chi connectivity index (χ3n) is 4.55. The molecular formula is C16H22N2O4S. The maximum absolute atomic E-state index is 12.5.